The van der Waals surface area contributed by atoms with E-state index in [0.717, 1.165) is 162 Å². The van der Waals surface area contributed by atoms with E-state index in [9.17, 15) is 26.4 Å². The summed E-state index contributed by atoms with van der Waals surface area (Å²) in [5.74, 6) is 29.1. The summed E-state index contributed by atoms with van der Waals surface area (Å²) in [6.07, 6.45) is 17.1. The van der Waals surface area contributed by atoms with Crippen LogP contribution >= 0.6 is 33.8 Å². The molecule has 22 heteroatoms. The maximum atomic E-state index is 11.1. The first-order valence-electron chi connectivity index (χ1n) is 35.1. The molecule has 0 amide bonds. The Hall–Kier alpha value is -8.09. The SMILES string of the molecule is C#CC#CC#CC#CC#CC#CC#C.Cc1cccc(CN2CCC(=O)CC2)c1.Cc1cccc(CN2CCC3(CC2)NCCO3)c1.Cc1cccc(CN2CCC3(CC2)OCCN3Cc2cccc(C)c2)c1.Cc1cccc(S(=O)(=O)Cl)c1.Cl.NCCO.O.O=C1CCNCC1.O=S(=O)(Cl)c1ccccc1. The standard InChI is InChI=1S/C23H30N2O.C15H22N2O.C14H2.C13H17NO.C7H7ClO2S.C6H5ClO2S.C5H9NO.C2H7NO.ClH.H2O/c1-19-5-3-7-21(15-19)17-24-11-9-23(10-12-24)25(13-14-26-23)18-22-8-4-6-20(2)16-22;1-13-3-2-4-14(11-13)12-17-8-5-15(6-9-17)16-7-10-18-15;1-3-5-7-9-11-13-14-12-10-8-6-4-2;1-11-3-2-4-12(9-11)10-14-7-5-13(15)6-8-14;1-6-3-2-4-7(5-6)11(8,9)10;7-10(8,9)6-4-2-1-3-5-6;7-5-1-3-6-4-2-5;3-1-2-4;;/h3-8,15-16H,9-14,17-18H2,1-2H3;2-4,11,16H,5-10,12H2,1H3;1-2H;2-4,9H,5-8,10H2,1H3;2-5H,1H3;1-5H;6H,1-4H2;4H,1-3H2;1H;1H2. The Morgan fingerprint density at radius 1 is 0.467 bits per heavy atom. The van der Waals surface area contributed by atoms with Crippen LogP contribution in [0.15, 0.2) is 161 Å². The van der Waals surface area contributed by atoms with E-state index in [4.69, 9.17) is 54.5 Å². The molecule has 0 aliphatic carbocycles. The minimum Gasteiger partial charge on any atom is -0.412 e. The Balaban J connectivity index is 0.000000331. The van der Waals surface area contributed by atoms with Crippen LogP contribution in [0.1, 0.15) is 101 Å². The summed E-state index contributed by atoms with van der Waals surface area (Å²) in [6, 6.07) is 49.5. The van der Waals surface area contributed by atoms with E-state index in [0.29, 0.717) is 18.1 Å². The van der Waals surface area contributed by atoms with Crippen molar-refractivity contribution in [2.45, 2.75) is 133 Å². The van der Waals surface area contributed by atoms with E-state index < -0.39 is 18.1 Å². The second-order valence-corrected chi connectivity index (χ2v) is 30.8. The summed E-state index contributed by atoms with van der Waals surface area (Å²) in [7, 11) is 3.05. The maximum absolute atomic E-state index is 11.1. The van der Waals surface area contributed by atoms with Crippen molar-refractivity contribution in [3.63, 3.8) is 0 Å². The van der Waals surface area contributed by atoms with Crippen LogP contribution in [0.5, 0.6) is 0 Å². The Kier molecular flexibility index (Phi) is 44.6. The van der Waals surface area contributed by atoms with Crippen LogP contribution in [0.4, 0.5) is 0 Å². The van der Waals surface area contributed by atoms with Crippen LogP contribution in [0.3, 0.4) is 0 Å². The molecule has 0 atom stereocenters. The normalized spacial score (nSPS) is 16.0. The van der Waals surface area contributed by atoms with Gasteiger partial charge in [0.15, 0.2) is 0 Å². The van der Waals surface area contributed by atoms with Crippen LogP contribution < -0.4 is 16.4 Å². The lowest BCUT2D eigenvalue weighted by molar-refractivity contribution is -0.123. The number of aliphatic hydroxyl groups is 1. The van der Waals surface area contributed by atoms with E-state index in [-0.39, 0.29) is 45.7 Å². The fourth-order valence-corrected chi connectivity index (χ4v) is 13.6. The molecule has 6 fully saturated rings. The highest BCUT2D eigenvalue weighted by Gasteiger charge is 2.44. The molecular weight excluding hydrogens is 1450 g/mol. The molecule has 2 spiro atoms. The van der Waals surface area contributed by atoms with Gasteiger partial charge in [0, 0.05) is 171 Å². The van der Waals surface area contributed by atoms with Crippen LogP contribution in [0, 0.1) is 119 Å². The van der Waals surface area contributed by atoms with Crippen molar-refractivity contribution in [2.75, 3.05) is 91.8 Å². The lowest BCUT2D eigenvalue weighted by Crippen LogP contribution is -2.52. The quantitative estimate of drug-likeness (QED) is 0.0697. The van der Waals surface area contributed by atoms with Gasteiger partial charge in [-0.05, 0) is 158 Å². The lowest BCUT2D eigenvalue weighted by atomic mass is 9.97. The van der Waals surface area contributed by atoms with Gasteiger partial charge in [-0.3, -0.25) is 34.5 Å². The van der Waals surface area contributed by atoms with Crippen LogP contribution in [0.25, 0.3) is 0 Å². The number of nitrogens with zero attached hydrogens (tertiary/aromatic N) is 4. The van der Waals surface area contributed by atoms with Crippen molar-refractivity contribution in [1.82, 2.24) is 30.2 Å². The number of likely N-dealkylation sites (tertiary alicyclic amines) is 3. The third-order valence-corrected chi connectivity index (χ3v) is 19.9. The molecule has 570 valence electrons. The fraction of sp³-hybridized carbons (Fsp3) is 0.388. The molecule has 6 aromatic rings. The van der Waals surface area contributed by atoms with Crippen molar-refractivity contribution >= 4 is 63.4 Å². The molecule has 17 nitrogen and oxygen atoms in total. The van der Waals surface area contributed by atoms with Gasteiger partial charge in [-0.25, -0.2) is 16.8 Å². The average molecular weight is 1550 g/mol. The zero-order valence-corrected chi connectivity index (χ0v) is 66.0. The highest BCUT2D eigenvalue weighted by Crippen LogP contribution is 2.36. The van der Waals surface area contributed by atoms with E-state index in [1.807, 2.05) is 13.0 Å². The van der Waals surface area contributed by atoms with Gasteiger partial charge in [-0.2, -0.15) is 0 Å². The molecule has 6 aromatic carbocycles. The van der Waals surface area contributed by atoms with E-state index in [1.165, 1.54) is 68.8 Å². The summed E-state index contributed by atoms with van der Waals surface area (Å²) >= 11 is 0. The van der Waals surface area contributed by atoms with Crippen LogP contribution in [-0.4, -0.2) is 162 Å². The third-order valence-electron chi connectivity index (χ3n) is 17.2. The third kappa shape index (κ3) is 38.0. The maximum Gasteiger partial charge on any atom is 0.261 e. The molecule has 0 bridgehead atoms. The number of benzene rings is 6. The molecule has 0 saturated carbocycles. The lowest BCUT2D eigenvalue weighted by Gasteiger charge is -2.43. The topological polar surface area (TPSA) is 236 Å². The molecule has 0 unspecified atom stereocenters. The largest absolute Gasteiger partial charge is 0.412 e. The number of hydrogen-bond acceptors (Lipinski definition) is 16. The Labute approximate surface area is 652 Å². The number of aryl methyl sites for hydroxylation is 5. The number of halogens is 3. The van der Waals surface area contributed by atoms with Crippen molar-refractivity contribution < 1.29 is 46.5 Å². The first-order chi connectivity index (χ1) is 50.4. The number of Topliss-reactive ketones (excluding diaryl/α,β-unsaturated/α-hetero) is 2. The first kappa shape index (κ1) is 93.1. The van der Waals surface area contributed by atoms with Crippen molar-refractivity contribution in [3.05, 3.63) is 202 Å². The molecule has 6 heterocycles. The number of carbonyl (C=O) groups excluding carboxylic acids is 2. The number of nitrogens with one attached hydrogen (secondary N) is 2. The monoisotopic (exact) mass is 1550 g/mol. The number of ketones is 2. The van der Waals surface area contributed by atoms with Crippen molar-refractivity contribution in [1.29, 1.82) is 0 Å². The Bertz CT molecular complexity index is 4320. The number of terminal acetylenes is 2. The van der Waals surface area contributed by atoms with Gasteiger partial charge in [-0.1, -0.05) is 150 Å². The number of carbonyl (C=O) groups is 2. The summed E-state index contributed by atoms with van der Waals surface area (Å²) < 4.78 is 54.9. The predicted octanol–water partition coefficient (Wildman–Crippen LogP) is 10.5. The number of rotatable bonds is 11. The van der Waals surface area contributed by atoms with Gasteiger partial charge >= 0.3 is 0 Å². The minimum absolute atomic E-state index is 0. The fourth-order valence-electron chi connectivity index (χ4n) is 11.9. The highest BCUT2D eigenvalue weighted by atomic mass is 35.7. The van der Waals surface area contributed by atoms with E-state index >= 15 is 0 Å². The van der Waals surface area contributed by atoms with Crippen molar-refractivity contribution in [2.24, 2.45) is 5.73 Å². The summed E-state index contributed by atoms with van der Waals surface area (Å²) in [5.41, 5.74) is 16.5. The number of aliphatic hydroxyl groups excluding tert-OH is 1. The molecule has 6 aliphatic rings. The molecule has 107 heavy (non-hydrogen) atoms. The second kappa shape index (κ2) is 51.3. The Morgan fingerprint density at radius 2 is 0.832 bits per heavy atom. The first-order valence-corrected chi connectivity index (χ1v) is 39.7. The van der Waals surface area contributed by atoms with Gasteiger partial charge in [0.2, 0.25) is 0 Å². The Morgan fingerprint density at radius 3 is 1.17 bits per heavy atom. The number of nitrogens with two attached hydrogens (primary N) is 1. The molecule has 6 saturated heterocycles. The van der Waals surface area contributed by atoms with E-state index in [1.54, 1.807) is 24.3 Å². The van der Waals surface area contributed by atoms with Crippen molar-refractivity contribution in [3.8, 4) is 83.9 Å². The minimum atomic E-state index is -3.55. The summed E-state index contributed by atoms with van der Waals surface area (Å²) in [4.78, 5) is 31.8. The number of piperidine rings is 4. The summed E-state index contributed by atoms with van der Waals surface area (Å²) in [5, 5.41) is 14.4. The highest BCUT2D eigenvalue weighted by molar-refractivity contribution is 8.14. The van der Waals surface area contributed by atoms with E-state index in [2.05, 4.69) is 226 Å². The second-order valence-electron chi connectivity index (χ2n) is 25.7. The van der Waals surface area contributed by atoms with Crippen LogP contribution in [0.2, 0.25) is 0 Å². The zero-order chi connectivity index (χ0) is 76.2. The van der Waals surface area contributed by atoms with Gasteiger partial charge in [0.25, 0.3) is 18.1 Å². The molecule has 6 aliphatic heterocycles. The molecule has 0 radical (unpaired) electrons. The van der Waals surface area contributed by atoms with Gasteiger partial charge < -0.3 is 31.1 Å². The molecule has 7 N–H and O–H groups in total. The smallest absolute Gasteiger partial charge is 0.261 e. The summed E-state index contributed by atoms with van der Waals surface area (Å²) in [6.45, 7) is 26.9. The molecule has 12 rings (SSSR count). The predicted molar refractivity (Wildman–Crippen MR) is 433 cm³/mol. The van der Waals surface area contributed by atoms with Gasteiger partial charge in [0.05, 0.1) is 29.6 Å². The van der Waals surface area contributed by atoms with Gasteiger partial charge in [0.1, 0.15) is 23.0 Å². The zero-order valence-electron chi connectivity index (χ0n) is 62.0. The van der Waals surface area contributed by atoms with Gasteiger partial charge in [-0.15, -0.1) is 25.3 Å². The average Bonchev–Trinajstić information content (AvgIpc) is 1.67. The molecule has 0 aromatic heterocycles. The van der Waals surface area contributed by atoms with Crippen LogP contribution in [-0.2, 0) is 63.3 Å². The molecular formula is C85H102Cl3N7O10S2. The number of hydrogen-bond donors (Lipinski definition) is 4. The number of ether oxygens (including phenoxy) is 2.